The average molecular weight is 215 g/mol. The molecule has 0 unspecified atom stereocenters. The second-order valence-corrected chi connectivity index (χ2v) is 3.16. The van der Waals surface area contributed by atoms with Crippen LogP contribution in [0.15, 0.2) is 49.3 Å². The van der Waals surface area contributed by atoms with E-state index in [4.69, 9.17) is 10.4 Å². The van der Waals surface area contributed by atoms with Gasteiger partial charge in [0.25, 0.3) is 0 Å². The van der Waals surface area contributed by atoms with Gasteiger partial charge in [-0.05, 0) is 29.3 Å². The second kappa shape index (κ2) is 4.94. The summed E-state index contributed by atoms with van der Waals surface area (Å²) in [5.74, 6) is -0.687. The van der Waals surface area contributed by atoms with Crippen LogP contribution in [0.5, 0.6) is 0 Å². The van der Waals surface area contributed by atoms with Crippen LogP contribution in [0.25, 0.3) is 5.57 Å². The molecule has 0 saturated heterocycles. The smallest absolute Gasteiger partial charge is 0.141 e. The van der Waals surface area contributed by atoms with Gasteiger partial charge in [0.2, 0.25) is 0 Å². The molecule has 1 N–H and O–H groups in total. The number of nitrogens with zero attached hydrogens (tertiary/aromatic N) is 1. The summed E-state index contributed by atoms with van der Waals surface area (Å²) in [6, 6.07) is 5.94. The van der Waals surface area contributed by atoms with Gasteiger partial charge in [0.15, 0.2) is 0 Å². The first-order chi connectivity index (χ1) is 7.54. The van der Waals surface area contributed by atoms with Crippen LogP contribution in [0.4, 0.5) is 4.39 Å². The third kappa shape index (κ3) is 2.82. The molecule has 0 radical (unpaired) electrons. The second-order valence-electron chi connectivity index (χ2n) is 3.16. The van der Waals surface area contributed by atoms with Crippen molar-refractivity contribution in [3.05, 3.63) is 66.2 Å². The highest BCUT2D eigenvalue weighted by molar-refractivity contribution is 5.72. The molecule has 0 aliphatic heterocycles. The number of rotatable bonds is 3. The van der Waals surface area contributed by atoms with E-state index < -0.39 is 5.82 Å². The van der Waals surface area contributed by atoms with Gasteiger partial charge < -0.3 is 5.11 Å². The quantitative estimate of drug-likeness (QED) is 0.620. The van der Waals surface area contributed by atoms with E-state index in [1.807, 2.05) is 0 Å². The minimum absolute atomic E-state index is 0.00732. The van der Waals surface area contributed by atoms with Gasteiger partial charge in [-0.2, -0.15) is 5.26 Å². The summed E-state index contributed by atoms with van der Waals surface area (Å²) in [6.07, 6.45) is 2.88. The van der Waals surface area contributed by atoms with E-state index in [0.717, 1.165) is 0 Å². The van der Waals surface area contributed by atoms with Gasteiger partial charge in [-0.3, -0.25) is 0 Å². The molecule has 1 aromatic rings. The number of nitriles is 1. The Hall–Kier alpha value is -2.34. The van der Waals surface area contributed by atoms with Crippen molar-refractivity contribution >= 4 is 5.57 Å². The Morgan fingerprint density at radius 3 is 2.56 bits per heavy atom. The lowest BCUT2D eigenvalue weighted by molar-refractivity contribution is 0.435. The minimum atomic E-state index is -0.586. The number of hydrogen-bond acceptors (Lipinski definition) is 2. The lowest BCUT2D eigenvalue weighted by Crippen LogP contribution is -1.87. The fourth-order valence-corrected chi connectivity index (χ4v) is 1.10. The molecular formula is C13H10FNO. The maximum absolute atomic E-state index is 13.3. The van der Waals surface area contributed by atoms with Gasteiger partial charge in [-0.25, -0.2) is 4.39 Å². The normalized spacial score (nSPS) is 10.0. The number of allylic oxidation sites excluding steroid dienone is 3. The topological polar surface area (TPSA) is 44.0 Å². The highest BCUT2D eigenvalue weighted by Crippen LogP contribution is 2.17. The maximum Gasteiger partial charge on any atom is 0.141 e. The van der Waals surface area contributed by atoms with E-state index in [2.05, 4.69) is 13.2 Å². The highest BCUT2D eigenvalue weighted by atomic mass is 19.1. The fourth-order valence-electron chi connectivity index (χ4n) is 1.10. The summed E-state index contributed by atoms with van der Waals surface area (Å²) < 4.78 is 13.3. The Bertz CT molecular complexity index is 509. The standard InChI is InChI=1S/C13H10FNO/c1-9(3-4-10(2)16)11-5-6-12(8-15)13(14)7-11/h3-7,16H,1-2H2/b4-3-. The van der Waals surface area contributed by atoms with Crippen LogP contribution in [-0.4, -0.2) is 5.11 Å². The monoisotopic (exact) mass is 215 g/mol. The van der Waals surface area contributed by atoms with Crippen LogP contribution >= 0.6 is 0 Å². The molecule has 16 heavy (non-hydrogen) atoms. The molecule has 1 aromatic carbocycles. The Balaban J connectivity index is 2.99. The summed E-state index contributed by atoms with van der Waals surface area (Å²) in [5, 5.41) is 17.4. The molecular weight excluding hydrogens is 205 g/mol. The van der Waals surface area contributed by atoms with Gasteiger partial charge in [0.1, 0.15) is 17.6 Å². The zero-order valence-corrected chi connectivity index (χ0v) is 8.57. The molecule has 80 valence electrons. The van der Waals surface area contributed by atoms with Crippen molar-refractivity contribution in [1.82, 2.24) is 0 Å². The fraction of sp³-hybridized carbons (Fsp3) is 0. The van der Waals surface area contributed by atoms with Crippen molar-refractivity contribution in [3.8, 4) is 6.07 Å². The van der Waals surface area contributed by atoms with Gasteiger partial charge >= 0.3 is 0 Å². The Morgan fingerprint density at radius 1 is 1.38 bits per heavy atom. The Kier molecular flexibility index (Phi) is 3.62. The predicted molar refractivity (Wildman–Crippen MR) is 61.1 cm³/mol. The molecule has 0 aromatic heterocycles. The lowest BCUT2D eigenvalue weighted by atomic mass is 10.0. The van der Waals surface area contributed by atoms with Crippen molar-refractivity contribution in [1.29, 1.82) is 5.26 Å². The van der Waals surface area contributed by atoms with Crippen molar-refractivity contribution in [2.45, 2.75) is 0 Å². The number of halogens is 1. The molecule has 0 bridgehead atoms. The first kappa shape index (κ1) is 11.7. The molecule has 1 rings (SSSR count). The van der Waals surface area contributed by atoms with E-state index in [-0.39, 0.29) is 11.3 Å². The van der Waals surface area contributed by atoms with Crippen LogP contribution in [0.1, 0.15) is 11.1 Å². The molecule has 0 amide bonds. The summed E-state index contributed by atoms with van der Waals surface area (Å²) in [5.41, 5.74) is 1.07. The van der Waals surface area contributed by atoms with E-state index in [1.165, 1.54) is 24.3 Å². The third-order valence-corrected chi connectivity index (χ3v) is 1.94. The molecule has 0 heterocycles. The molecule has 0 spiro atoms. The molecule has 0 atom stereocenters. The number of aliphatic hydroxyl groups excluding tert-OH is 1. The molecule has 0 aliphatic carbocycles. The van der Waals surface area contributed by atoms with Crippen LogP contribution in [0.2, 0.25) is 0 Å². The van der Waals surface area contributed by atoms with Gasteiger partial charge in [-0.15, -0.1) is 0 Å². The summed E-state index contributed by atoms with van der Waals surface area (Å²) >= 11 is 0. The van der Waals surface area contributed by atoms with Crippen LogP contribution in [0.3, 0.4) is 0 Å². The Labute approximate surface area is 93.3 Å². The first-order valence-electron chi connectivity index (χ1n) is 4.49. The third-order valence-electron chi connectivity index (χ3n) is 1.94. The molecule has 2 nitrogen and oxygen atoms in total. The largest absolute Gasteiger partial charge is 0.509 e. The van der Waals surface area contributed by atoms with Crippen molar-refractivity contribution in [2.75, 3.05) is 0 Å². The zero-order valence-electron chi connectivity index (χ0n) is 8.57. The molecule has 0 saturated carbocycles. The summed E-state index contributed by atoms with van der Waals surface area (Å²) in [7, 11) is 0. The molecule has 3 heteroatoms. The number of hydrogen-bond donors (Lipinski definition) is 1. The maximum atomic E-state index is 13.3. The van der Waals surface area contributed by atoms with E-state index in [1.54, 1.807) is 12.1 Å². The molecule has 0 fully saturated rings. The molecule has 0 aliphatic rings. The lowest BCUT2D eigenvalue weighted by Gasteiger charge is -2.01. The predicted octanol–water partition coefficient (Wildman–Crippen LogP) is 3.34. The highest BCUT2D eigenvalue weighted by Gasteiger charge is 2.03. The SMILES string of the molecule is C=C(O)/C=C\C(=C)c1ccc(C#N)c(F)c1. The van der Waals surface area contributed by atoms with Crippen molar-refractivity contribution in [3.63, 3.8) is 0 Å². The summed E-state index contributed by atoms with van der Waals surface area (Å²) in [4.78, 5) is 0. The summed E-state index contributed by atoms with van der Waals surface area (Å²) in [6.45, 7) is 6.98. The van der Waals surface area contributed by atoms with E-state index in [0.29, 0.717) is 11.1 Å². The van der Waals surface area contributed by atoms with E-state index in [9.17, 15) is 4.39 Å². The average Bonchev–Trinajstić information content (AvgIpc) is 2.25. The minimum Gasteiger partial charge on any atom is -0.509 e. The number of benzene rings is 1. The van der Waals surface area contributed by atoms with Crippen molar-refractivity contribution in [2.24, 2.45) is 0 Å². The van der Waals surface area contributed by atoms with Crippen LogP contribution in [0, 0.1) is 17.1 Å². The first-order valence-corrected chi connectivity index (χ1v) is 4.49. The Morgan fingerprint density at radius 2 is 2.06 bits per heavy atom. The van der Waals surface area contributed by atoms with Gasteiger partial charge in [0.05, 0.1) is 5.56 Å². The van der Waals surface area contributed by atoms with Gasteiger partial charge in [0, 0.05) is 0 Å². The van der Waals surface area contributed by atoms with Crippen molar-refractivity contribution < 1.29 is 9.50 Å². The van der Waals surface area contributed by atoms with E-state index >= 15 is 0 Å². The zero-order chi connectivity index (χ0) is 12.1. The van der Waals surface area contributed by atoms with Gasteiger partial charge in [-0.1, -0.05) is 25.3 Å². The number of aliphatic hydroxyl groups is 1. The van der Waals surface area contributed by atoms with Crippen LogP contribution in [-0.2, 0) is 0 Å². The van der Waals surface area contributed by atoms with Crippen LogP contribution < -0.4 is 0 Å².